The van der Waals surface area contributed by atoms with Gasteiger partial charge in [0.1, 0.15) is 0 Å². The lowest BCUT2D eigenvalue weighted by Crippen LogP contribution is -2.42. The monoisotopic (exact) mass is 244 g/mol. The van der Waals surface area contributed by atoms with Crippen LogP contribution in [0.1, 0.15) is 13.3 Å². The van der Waals surface area contributed by atoms with Crippen LogP contribution in [-0.4, -0.2) is 30.3 Å². The fourth-order valence-corrected chi connectivity index (χ4v) is 1.15. The Labute approximate surface area is 90.9 Å². The summed E-state index contributed by atoms with van der Waals surface area (Å²) in [4.78, 5) is 3.97. The van der Waals surface area contributed by atoms with Gasteiger partial charge in [-0.15, -0.1) is 0 Å². The van der Waals surface area contributed by atoms with Crippen LogP contribution in [0.3, 0.4) is 0 Å². The van der Waals surface area contributed by atoms with Crippen molar-refractivity contribution in [2.24, 2.45) is 10.8 Å². The van der Waals surface area contributed by atoms with Crippen LogP contribution in [0.4, 0.5) is 13.2 Å². The number of hydrogen-bond donors (Lipinski definition) is 3. The van der Waals surface area contributed by atoms with Crippen LogP contribution in [0.2, 0.25) is 0 Å². The van der Waals surface area contributed by atoms with E-state index in [1.807, 2.05) is 6.92 Å². The van der Waals surface area contributed by atoms with Gasteiger partial charge in [0.15, 0.2) is 0 Å². The van der Waals surface area contributed by atoms with Gasteiger partial charge in [0.2, 0.25) is 5.96 Å². The van der Waals surface area contributed by atoms with Crippen molar-refractivity contribution in [3.63, 3.8) is 0 Å². The number of hydrazine groups is 1. The Kier molecular flexibility index (Phi) is 7.31. The highest BCUT2D eigenvalue weighted by atomic mass is 32.2. The first-order valence-electron chi connectivity index (χ1n) is 4.45. The maximum absolute atomic E-state index is 11.7. The van der Waals surface area contributed by atoms with E-state index in [0.717, 1.165) is 6.42 Å². The summed E-state index contributed by atoms with van der Waals surface area (Å²) in [5.74, 6) is 5.36. The standard InChI is InChI=1S/C7H15F3N4S/c1-2-3-12-6(14-11)13-4-5-15-7(8,9)10/h2-5,11H2,1H3,(H2,12,13,14). The maximum Gasteiger partial charge on any atom is 0.441 e. The third kappa shape index (κ3) is 9.67. The molecule has 0 aromatic rings. The second-order valence-electron chi connectivity index (χ2n) is 2.60. The molecule has 4 nitrogen and oxygen atoms in total. The molecule has 8 heteroatoms. The molecule has 0 heterocycles. The van der Waals surface area contributed by atoms with Crippen LogP contribution in [0.25, 0.3) is 0 Å². The summed E-state index contributed by atoms with van der Waals surface area (Å²) in [7, 11) is 0. The Hall–Kier alpha value is -0.630. The summed E-state index contributed by atoms with van der Waals surface area (Å²) < 4.78 is 35.2. The summed E-state index contributed by atoms with van der Waals surface area (Å²) in [6.07, 6.45) is 0.851. The first kappa shape index (κ1) is 14.4. The molecule has 0 atom stereocenters. The molecule has 90 valence electrons. The number of guanidine groups is 1. The quantitative estimate of drug-likeness (QED) is 0.222. The Morgan fingerprint density at radius 3 is 2.60 bits per heavy atom. The van der Waals surface area contributed by atoms with Crippen LogP contribution in [-0.2, 0) is 0 Å². The second-order valence-corrected chi connectivity index (χ2v) is 3.76. The molecule has 0 aliphatic heterocycles. The van der Waals surface area contributed by atoms with E-state index in [-0.39, 0.29) is 24.1 Å². The summed E-state index contributed by atoms with van der Waals surface area (Å²) in [6.45, 7) is 2.69. The average molecular weight is 244 g/mol. The number of nitrogens with two attached hydrogens (primary N) is 1. The number of aliphatic imine (C=N–C) groups is 1. The van der Waals surface area contributed by atoms with Crippen molar-refractivity contribution in [2.75, 3.05) is 18.8 Å². The van der Waals surface area contributed by atoms with Gasteiger partial charge in [0.25, 0.3) is 0 Å². The predicted octanol–water partition coefficient (Wildman–Crippen LogP) is 1.06. The fraction of sp³-hybridized carbons (Fsp3) is 0.857. The molecule has 0 rings (SSSR count). The number of alkyl halides is 3. The molecule has 4 N–H and O–H groups in total. The fourth-order valence-electron chi connectivity index (χ4n) is 0.712. The van der Waals surface area contributed by atoms with E-state index < -0.39 is 5.51 Å². The Balaban J connectivity index is 3.64. The largest absolute Gasteiger partial charge is 0.441 e. The third-order valence-corrected chi connectivity index (χ3v) is 2.03. The molecular formula is C7H15F3N4S. The lowest BCUT2D eigenvalue weighted by molar-refractivity contribution is -0.0327. The lowest BCUT2D eigenvalue weighted by atomic mass is 10.5. The van der Waals surface area contributed by atoms with Gasteiger partial charge in [0.05, 0.1) is 0 Å². The summed E-state index contributed by atoms with van der Waals surface area (Å²) in [6, 6.07) is 0. The van der Waals surface area contributed by atoms with Crippen molar-refractivity contribution in [1.82, 2.24) is 10.7 Å². The second kappa shape index (κ2) is 7.63. The Morgan fingerprint density at radius 2 is 2.13 bits per heavy atom. The topological polar surface area (TPSA) is 62.4 Å². The van der Waals surface area contributed by atoms with E-state index in [9.17, 15) is 13.2 Å². The minimum atomic E-state index is -4.18. The number of thioether (sulfide) groups is 1. The summed E-state index contributed by atoms with van der Waals surface area (Å²) in [5.41, 5.74) is -1.90. The van der Waals surface area contributed by atoms with Crippen LogP contribution < -0.4 is 16.6 Å². The van der Waals surface area contributed by atoms with Crippen molar-refractivity contribution in [2.45, 2.75) is 18.9 Å². The van der Waals surface area contributed by atoms with Gasteiger partial charge in [-0.2, -0.15) is 13.2 Å². The molecule has 0 spiro atoms. The molecular weight excluding hydrogens is 229 g/mol. The van der Waals surface area contributed by atoms with E-state index >= 15 is 0 Å². The zero-order chi connectivity index (χ0) is 11.7. The highest BCUT2D eigenvalue weighted by molar-refractivity contribution is 8.00. The molecule has 0 saturated carbocycles. The minimum Gasteiger partial charge on any atom is -0.354 e. The average Bonchev–Trinajstić information content (AvgIpc) is 2.15. The van der Waals surface area contributed by atoms with E-state index in [1.165, 1.54) is 0 Å². The van der Waals surface area contributed by atoms with Crippen LogP contribution >= 0.6 is 11.8 Å². The van der Waals surface area contributed by atoms with Gasteiger partial charge in [-0.3, -0.25) is 10.4 Å². The van der Waals surface area contributed by atoms with Gasteiger partial charge < -0.3 is 5.32 Å². The Morgan fingerprint density at radius 1 is 1.47 bits per heavy atom. The molecule has 0 fully saturated rings. The van der Waals surface area contributed by atoms with Gasteiger partial charge in [0, 0.05) is 18.8 Å². The first-order chi connectivity index (χ1) is 6.99. The zero-order valence-electron chi connectivity index (χ0n) is 8.40. The van der Waals surface area contributed by atoms with E-state index in [4.69, 9.17) is 5.84 Å². The van der Waals surface area contributed by atoms with Crippen molar-refractivity contribution in [3.8, 4) is 0 Å². The maximum atomic E-state index is 11.7. The number of rotatable bonds is 5. The van der Waals surface area contributed by atoms with Gasteiger partial charge in [-0.05, 0) is 18.2 Å². The lowest BCUT2D eigenvalue weighted by Gasteiger charge is -2.09. The minimum absolute atomic E-state index is 0.0731. The molecule has 0 aliphatic rings. The third-order valence-electron chi connectivity index (χ3n) is 1.29. The molecule has 15 heavy (non-hydrogen) atoms. The van der Waals surface area contributed by atoms with Crippen LogP contribution in [0.15, 0.2) is 4.99 Å². The molecule has 0 aromatic heterocycles. The van der Waals surface area contributed by atoms with Crippen LogP contribution in [0, 0.1) is 0 Å². The molecule has 0 saturated heterocycles. The number of hydrogen-bond acceptors (Lipinski definition) is 3. The highest BCUT2D eigenvalue weighted by Gasteiger charge is 2.27. The molecule has 0 bridgehead atoms. The summed E-state index contributed by atoms with van der Waals surface area (Å²) >= 11 is -0.0762. The normalized spacial score (nSPS) is 12.7. The predicted molar refractivity (Wildman–Crippen MR) is 56.4 cm³/mol. The molecule has 0 aliphatic carbocycles. The SMILES string of the molecule is CCCN=C(NN)NCCSC(F)(F)F. The van der Waals surface area contributed by atoms with Gasteiger partial charge in [-0.25, -0.2) is 5.84 Å². The van der Waals surface area contributed by atoms with Crippen molar-refractivity contribution >= 4 is 17.7 Å². The van der Waals surface area contributed by atoms with E-state index in [0.29, 0.717) is 12.5 Å². The van der Waals surface area contributed by atoms with Crippen molar-refractivity contribution in [3.05, 3.63) is 0 Å². The van der Waals surface area contributed by atoms with E-state index in [1.54, 1.807) is 0 Å². The molecule has 0 amide bonds. The number of nitrogens with zero attached hydrogens (tertiary/aromatic N) is 1. The number of halogens is 3. The highest BCUT2D eigenvalue weighted by Crippen LogP contribution is 2.29. The Bertz CT molecular complexity index is 195. The van der Waals surface area contributed by atoms with Crippen LogP contribution in [0.5, 0.6) is 0 Å². The van der Waals surface area contributed by atoms with Gasteiger partial charge in [-0.1, -0.05) is 6.92 Å². The molecule has 0 aromatic carbocycles. The van der Waals surface area contributed by atoms with Crippen molar-refractivity contribution in [1.29, 1.82) is 0 Å². The molecule has 0 radical (unpaired) electrons. The number of nitrogens with one attached hydrogen (secondary N) is 2. The summed E-state index contributed by atoms with van der Waals surface area (Å²) in [5, 5.41) is 2.67. The molecule has 0 unspecified atom stereocenters. The smallest absolute Gasteiger partial charge is 0.354 e. The van der Waals surface area contributed by atoms with Gasteiger partial charge >= 0.3 is 5.51 Å². The first-order valence-corrected chi connectivity index (χ1v) is 5.43. The zero-order valence-corrected chi connectivity index (χ0v) is 9.21. The van der Waals surface area contributed by atoms with E-state index in [2.05, 4.69) is 15.7 Å². The van der Waals surface area contributed by atoms with Crippen molar-refractivity contribution < 1.29 is 13.2 Å².